The highest BCUT2D eigenvalue weighted by molar-refractivity contribution is 7.89. The zero-order chi connectivity index (χ0) is 12.9. The van der Waals surface area contributed by atoms with Crippen molar-refractivity contribution in [3.05, 3.63) is 42.1 Å². The third-order valence-electron chi connectivity index (χ3n) is 1.98. The van der Waals surface area contributed by atoms with E-state index in [0.29, 0.717) is 0 Å². The van der Waals surface area contributed by atoms with Gasteiger partial charge in [0.2, 0.25) is 0 Å². The fraction of sp³-hybridized carbons (Fsp3) is 0.182. The van der Waals surface area contributed by atoms with Crippen LogP contribution in [0.4, 0.5) is 0 Å². The Morgan fingerprint density at radius 1 is 1.29 bits per heavy atom. The molecule has 1 N–H and O–H groups in total. The topological polar surface area (TPSA) is 72.5 Å². The van der Waals surface area contributed by atoms with Crippen molar-refractivity contribution in [3.63, 3.8) is 0 Å². The second-order valence-corrected chi connectivity index (χ2v) is 5.00. The number of aryl methyl sites for hydroxylation is 1. The van der Waals surface area contributed by atoms with Gasteiger partial charge in [-0.15, -0.1) is 0 Å². The molecule has 0 aliphatic carbocycles. The van der Waals surface area contributed by atoms with E-state index in [4.69, 9.17) is 0 Å². The Kier molecular flexibility index (Phi) is 4.28. The first-order chi connectivity index (χ1) is 7.95. The minimum absolute atomic E-state index is 0.137. The quantitative estimate of drug-likeness (QED) is 0.642. The Morgan fingerprint density at radius 3 is 2.41 bits per heavy atom. The third-order valence-corrected chi connectivity index (χ3v) is 3.31. The van der Waals surface area contributed by atoms with Gasteiger partial charge in [0.1, 0.15) is 0 Å². The average Bonchev–Trinajstić information content (AvgIpc) is 2.29. The number of hydrogen-bond donors (Lipinski definition) is 1. The summed E-state index contributed by atoms with van der Waals surface area (Å²) in [5.74, 6) is -0.628. The monoisotopic (exact) mass is 255 g/mol. The normalized spacial score (nSPS) is 11.4. The second-order valence-electron chi connectivity index (χ2n) is 3.29. The van der Waals surface area contributed by atoms with Gasteiger partial charge in [0.25, 0.3) is 10.0 Å². The number of nitrogens with one attached hydrogen (secondary N) is 1. The number of esters is 1. The lowest BCUT2D eigenvalue weighted by Crippen LogP contribution is -2.18. The number of sulfonamides is 1. The van der Waals surface area contributed by atoms with E-state index in [9.17, 15) is 13.2 Å². The summed E-state index contributed by atoms with van der Waals surface area (Å²) in [6.07, 6.45) is 2.02. The lowest BCUT2D eigenvalue weighted by atomic mass is 10.2. The van der Waals surface area contributed by atoms with Crippen molar-refractivity contribution >= 4 is 16.0 Å². The van der Waals surface area contributed by atoms with Crippen molar-refractivity contribution in [3.8, 4) is 0 Å². The van der Waals surface area contributed by atoms with Gasteiger partial charge < -0.3 is 4.74 Å². The molecule has 0 saturated heterocycles. The van der Waals surface area contributed by atoms with Crippen LogP contribution in [0.1, 0.15) is 5.56 Å². The molecule has 0 saturated carbocycles. The molecule has 0 aromatic heterocycles. The van der Waals surface area contributed by atoms with Crippen LogP contribution in [0.5, 0.6) is 0 Å². The number of carbonyl (C=O) groups is 1. The van der Waals surface area contributed by atoms with E-state index in [1.165, 1.54) is 19.2 Å². The Balaban J connectivity index is 2.79. The first kappa shape index (κ1) is 13.2. The molecule has 0 aliphatic heterocycles. The third kappa shape index (κ3) is 3.92. The van der Waals surface area contributed by atoms with Crippen LogP contribution in [-0.4, -0.2) is 21.5 Å². The molecular formula is C11H13NO4S. The molecule has 1 rings (SSSR count). The first-order valence-corrected chi connectivity index (χ1v) is 6.27. The predicted molar refractivity (Wildman–Crippen MR) is 62.7 cm³/mol. The number of carbonyl (C=O) groups excluding carboxylic acids is 1. The predicted octanol–water partition coefficient (Wildman–Crippen LogP) is 0.960. The van der Waals surface area contributed by atoms with Crippen molar-refractivity contribution in [2.24, 2.45) is 0 Å². The summed E-state index contributed by atoms with van der Waals surface area (Å²) in [5, 5.41) is 0. The maximum Gasteiger partial charge on any atom is 0.331 e. The van der Waals surface area contributed by atoms with Gasteiger partial charge in [-0.3, -0.25) is 4.72 Å². The molecule has 0 atom stereocenters. The van der Waals surface area contributed by atoms with Crippen molar-refractivity contribution in [2.75, 3.05) is 7.11 Å². The molecule has 92 valence electrons. The van der Waals surface area contributed by atoms with Gasteiger partial charge in [0.05, 0.1) is 12.0 Å². The lowest BCUT2D eigenvalue weighted by molar-refractivity contribution is -0.134. The van der Waals surface area contributed by atoms with E-state index < -0.39 is 16.0 Å². The molecule has 0 spiro atoms. The summed E-state index contributed by atoms with van der Waals surface area (Å²) in [6.45, 7) is 1.86. The van der Waals surface area contributed by atoms with Gasteiger partial charge in [-0.1, -0.05) is 17.7 Å². The summed E-state index contributed by atoms with van der Waals surface area (Å²) in [6, 6.07) is 6.37. The van der Waals surface area contributed by atoms with E-state index in [2.05, 4.69) is 9.46 Å². The van der Waals surface area contributed by atoms with Crippen LogP contribution in [0.3, 0.4) is 0 Å². The highest BCUT2D eigenvalue weighted by Gasteiger charge is 2.10. The highest BCUT2D eigenvalue weighted by atomic mass is 32.2. The lowest BCUT2D eigenvalue weighted by Gasteiger charge is -2.03. The molecule has 5 nitrogen and oxygen atoms in total. The Labute approximate surface area is 100 Å². The Hall–Kier alpha value is -1.82. The summed E-state index contributed by atoms with van der Waals surface area (Å²) in [7, 11) is -2.42. The highest BCUT2D eigenvalue weighted by Crippen LogP contribution is 2.09. The smallest absolute Gasteiger partial charge is 0.331 e. The standard InChI is InChI=1S/C11H13NO4S/c1-9-3-5-10(6-4-9)17(14,15)12-8-7-11(13)16-2/h3-8,12H,1-2H3/b8-7-. The molecular weight excluding hydrogens is 242 g/mol. The van der Waals surface area contributed by atoms with E-state index in [0.717, 1.165) is 17.8 Å². The average molecular weight is 255 g/mol. The van der Waals surface area contributed by atoms with Crippen LogP contribution >= 0.6 is 0 Å². The van der Waals surface area contributed by atoms with E-state index >= 15 is 0 Å². The number of benzene rings is 1. The molecule has 0 fully saturated rings. The molecule has 0 amide bonds. The summed E-state index contributed by atoms with van der Waals surface area (Å²) in [5.41, 5.74) is 0.967. The number of hydrogen-bond acceptors (Lipinski definition) is 4. The van der Waals surface area contributed by atoms with Crippen molar-refractivity contribution in [1.82, 2.24) is 4.72 Å². The maximum absolute atomic E-state index is 11.7. The molecule has 0 bridgehead atoms. The summed E-state index contributed by atoms with van der Waals surface area (Å²) in [4.78, 5) is 10.9. The van der Waals surface area contributed by atoms with Crippen molar-refractivity contribution in [1.29, 1.82) is 0 Å². The Morgan fingerprint density at radius 2 is 1.88 bits per heavy atom. The van der Waals surface area contributed by atoms with Crippen LogP contribution in [0, 0.1) is 6.92 Å². The maximum atomic E-state index is 11.7. The summed E-state index contributed by atoms with van der Waals surface area (Å²) < 4.78 is 29.9. The molecule has 0 aliphatic rings. The molecule has 1 aromatic carbocycles. The minimum Gasteiger partial charge on any atom is -0.466 e. The molecule has 17 heavy (non-hydrogen) atoms. The van der Waals surface area contributed by atoms with Gasteiger partial charge in [-0.25, -0.2) is 13.2 Å². The van der Waals surface area contributed by atoms with Crippen LogP contribution in [0.15, 0.2) is 41.4 Å². The number of ether oxygens (including phenoxy) is 1. The molecule has 1 aromatic rings. The molecule has 0 heterocycles. The Bertz CT molecular complexity index is 517. The largest absolute Gasteiger partial charge is 0.466 e. The fourth-order valence-corrected chi connectivity index (χ4v) is 1.92. The van der Waals surface area contributed by atoms with E-state index in [1.54, 1.807) is 12.1 Å². The van der Waals surface area contributed by atoms with Crippen molar-refractivity contribution in [2.45, 2.75) is 11.8 Å². The minimum atomic E-state index is -3.63. The van der Waals surface area contributed by atoms with Gasteiger partial charge in [-0.2, -0.15) is 0 Å². The van der Waals surface area contributed by atoms with Crippen LogP contribution < -0.4 is 4.72 Å². The first-order valence-electron chi connectivity index (χ1n) is 4.79. The van der Waals surface area contributed by atoms with E-state index in [1.807, 2.05) is 6.92 Å². The van der Waals surface area contributed by atoms with Crippen LogP contribution in [0.25, 0.3) is 0 Å². The van der Waals surface area contributed by atoms with Crippen LogP contribution in [-0.2, 0) is 19.6 Å². The molecule has 0 unspecified atom stereocenters. The molecule has 6 heteroatoms. The summed E-state index contributed by atoms with van der Waals surface area (Å²) >= 11 is 0. The van der Waals surface area contributed by atoms with Gasteiger partial charge >= 0.3 is 5.97 Å². The van der Waals surface area contributed by atoms with Gasteiger partial charge in [-0.05, 0) is 19.1 Å². The molecule has 0 radical (unpaired) electrons. The zero-order valence-corrected chi connectivity index (χ0v) is 10.3. The van der Waals surface area contributed by atoms with Gasteiger partial charge in [0.15, 0.2) is 0 Å². The second kappa shape index (κ2) is 5.49. The zero-order valence-electron chi connectivity index (χ0n) is 9.51. The van der Waals surface area contributed by atoms with Gasteiger partial charge in [0, 0.05) is 12.3 Å². The van der Waals surface area contributed by atoms with Crippen LogP contribution in [0.2, 0.25) is 0 Å². The number of rotatable bonds is 4. The van der Waals surface area contributed by atoms with E-state index in [-0.39, 0.29) is 4.90 Å². The van der Waals surface area contributed by atoms with Crippen molar-refractivity contribution < 1.29 is 17.9 Å². The fourth-order valence-electron chi connectivity index (χ4n) is 1.05. The number of methoxy groups -OCH3 is 1. The SMILES string of the molecule is COC(=O)/C=C\NS(=O)(=O)c1ccc(C)cc1.